The molecule has 1 aliphatic heterocycles. The predicted octanol–water partition coefficient (Wildman–Crippen LogP) is 3.00. The Hall–Kier alpha value is -0.570. The van der Waals surface area contributed by atoms with E-state index in [4.69, 9.17) is 5.11 Å². The molecule has 2 aliphatic rings. The molecular formula is C15H27NO2. The van der Waals surface area contributed by atoms with Crippen LogP contribution in [0.25, 0.3) is 0 Å². The molecule has 0 aromatic rings. The first-order valence-electron chi connectivity index (χ1n) is 7.53. The molecule has 3 heteroatoms. The molecule has 0 bridgehead atoms. The SMILES string of the molecule is CC1CCCC(N2CCC(CC(=O)O)CC2)C1C. The van der Waals surface area contributed by atoms with E-state index in [1.54, 1.807) is 0 Å². The van der Waals surface area contributed by atoms with Crippen LogP contribution in [0.3, 0.4) is 0 Å². The zero-order valence-corrected chi connectivity index (χ0v) is 11.8. The minimum absolute atomic E-state index is 0.366. The number of aliphatic carboxylic acids is 1. The van der Waals surface area contributed by atoms with Gasteiger partial charge in [0.15, 0.2) is 0 Å². The summed E-state index contributed by atoms with van der Waals surface area (Å²) in [5.74, 6) is 1.43. The lowest BCUT2D eigenvalue weighted by Crippen LogP contribution is -2.47. The topological polar surface area (TPSA) is 40.5 Å². The second-order valence-corrected chi connectivity index (χ2v) is 6.41. The molecule has 1 aliphatic carbocycles. The van der Waals surface area contributed by atoms with Crippen LogP contribution in [-0.4, -0.2) is 35.1 Å². The Labute approximate surface area is 111 Å². The Morgan fingerprint density at radius 3 is 2.44 bits per heavy atom. The van der Waals surface area contributed by atoms with E-state index in [1.165, 1.54) is 19.3 Å². The van der Waals surface area contributed by atoms with Gasteiger partial charge in [0, 0.05) is 12.5 Å². The fraction of sp³-hybridized carbons (Fsp3) is 0.933. The first-order chi connectivity index (χ1) is 8.58. The summed E-state index contributed by atoms with van der Waals surface area (Å²) in [5, 5.41) is 8.84. The van der Waals surface area contributed by atoms with E-state index in [0.29, 0.717) is 12.3 Å². The van der Waals surface area contributed by atoms with Crippen molar-refractivity contribution in [3.63, 3.8) is 0 Å². The van der Waals surface area contributed by atoms with Crippen molar-refractivity contribution in [1.82, 2.24) is 4.90 Å². The highest BCUT2D eigenvalue weighted by Gasteiger charge is 2.33. The lowest BCUT2D eigenvalue weighted by molar-refractivity contribution is -0.138. The number of hydrogen-bond donors (Lipinski definition) is 1. The van der Waals surface area contributed by atoms with Crippen molar-refractivity contribution >= 4 is 5.97 Å². The second kappa shape index (κ2) is 6.05. The fourth-order valence-corrected chi connectivity index (χ4v) is 3.80. The Balaban J connectivity index is 1.83. The van der Waals surface area contributed by atoms with E-state index >= 15 is 0 Å². The number of carbonyl (C=O) groups is 1. The summed E-state index contributed by atoms with van der Waals surface area (Å²) in [7, 11) is 0. The van der Waals surface area contributed by atoms with Gasteiger partial charge in [-0.3, -0.25) is 4.79 Å². The van der Waals surface area contributed by atoms with Crippen molar-refractivity contribution < 1.29 is 9.90 Å². The normalized spacial score (nSPS) is 35.6. The summed E-state index contributed by atoms with van der Waals surface area (Å²) in [5.41, 5.74) is 0. The average Bonchev–Trinajstić information content (AvgIpc) is 2.33. The molecule has 3 unspecified atom stereocenters. The van der Waals surface area contributed by atoms with Gasteiger partial charge in [0.25, 0.3) is 0 Å². The van der Waals surface area contributed by atoms with Crippen molar-refractivity contribution in [2.24, 2.45) is 17.8 Å². The molecule has 0 spiro atoms. The number of rotatable bonds is 3. The first-order valence-corrected chi connectivity index (χ1v) is 7.53. The molecule has 1 saturated heterocycles. The largest absolute Gasteiger partial charge is 0.481 e. The van der Waals surface area contributed by atoms with Crippen molar-refractivity contribution in [2.45, 2.75) is 58.4 Å². The molecule has 104 valence electrons. The number of hydrogen-bond acceptors (Lipinski definition) is 2. The molecular weight excluding hydrogens is 226 g/mol. The Bertz CT molecular complexity index is 284. The fourth-order valence-electron chi connectivity index (χ4n) is 3.80. The minimum Gasteiger partial charge on any atom is -0.481 e. The summed E-state index contributed by atoms with van der Waals surface area (Å²) in [6.45, 7) is 7.01. The van der Waals surface area contributed by atoms with Gasteiger partial charge in [-0.25, -0.2) is 0 Å². The standard InChI is InChI=1S/C15H27NO2/c1-11-4-3-5-14(12(11)2)16-8-6-13(7-9-16)10-15(17)18/h11-14H,3-10H2,1-2H3,(H,17,18). The van der Waals surface area contributed by atoms with Gasteiger partial charge >= 0.3 is 5.97 Å². The van der Waals surface area contributed by atoms with Crippen molar-refractivity contribution in [1.29, 1.82) is 0 Å². The van der Waals surface area contributed by atoms with Crippen LogP contribution in [0.4, 0.5) is 0 Å². The van der Waals surface area contributed by atoms with Gasteiger partial charge in [0.1, 0.15) is 0 Å². The monoisotopic (exact) mass is 253 g/mol. The summed E-state index contributed by atoms with van der Waals surface area (Å²) in [4.78, 5) is 13.4. The molecule has 0 aromatic heterocycles. The smallest absolute Gasteiger partial charge is 0.303 e. The van der Waals surface area contributed by atoms with Crippen LogP contribution in [-0.2, 0) is 4.79 Å². The number of piperidine rings is 1. The van der Waals surface area contributed by atoms with Gasteiger partial charge < -0.3 is 10.0 Å². The van der Waals surface area contributed by atoms with E-state index in [9.17, 15) is 4.79 Å². The lowest BCUT2D eigenvalue weighted by atomic mass is 9.76. The molecule has 1 saturated carbocycles. The summed E-state index contributed by atoms with van der Waals surface area (Å²) in [6, 6.07) is 0.750. The molecule has 1 N–H and O–H groups in total. The highest BCUT2D eigenvalue weighted by molar-refractivity contribution is 5.67. The van der Waals surface area contributed by atoms with Crippen molar-refractivity contribution in [2.75, 3.05) is 13.1 Å². The maximum absolute atomic E-state index is 10.7. The molecule has 2 rings (SSSR count). The van der Waals surface area contributed by atoms with E-state index in [1.807, 2.05) is 0 Å². The molecule has 3 nitrogen and oxygen atoms in total. The van der Waals surface area contributed by atoms with E-state index in [2.05, 4.69) is 18.7 Å². The number of nitrogens with zero attached hydrogens (tertiary/aromatic N) is 1. The van der Waals surface area contributed by atoms with Gasteiger partial charge in [-0.15, -0.1) is 0 Å². The molecule has 0 radical (unpaired) electrons. The van der Waals surface area contributed by atoms with E-state index in [0.717, 1.165) is 43.8 Å². The maximum Gasteiger partial charge on any atom is 0.303 e. The van der Waals surface area contributed by atoms with Gasteiger partial charge in [-0.05, 0) is 50.1 Å². The highest BCUT2D eigenvalue weighted by Crippen LogP contribution is 2.35. The van der Waals surface area contributed by atoms with Crippen LogP contribution in [0, 0.1) is 17.8 Å². The van der Waals surface area contributed by atoms with Crippen LogP contribution in [0.15, 0.2) is 0 Å². The number of likely N-dealkylation sites (tertiary alicyclic amines) is 1. The molecule has 3 atom stereocenters. The van der Waals surface area contributed by atoms with Gasteiger partial charge in [-0.1, -0.05) is 26.7 Å². The molecule has 0 aromatic carbocycles. The van der Waals surface area contributed by atoms with E-state index < -0.39 is 5.97 Å². The Morgan fingerprint density at radius 2 is 1.83 bits per heavy atom. The third kappa shape index (κ3) is 3.25. The van der Waals surface area contributed by atoms with Crippen LogP contribution >= 0.6 is 0 Å². The number of carboxylic acid groups (broad SMARTS) is 1. The average molecular weight is 253 g/mol. The quantitative estimate of drug-likeness (QED) is 0.840. The third-order valence-corrected chi connectivity index (χ3v) is 5.25. The van der Waals surface area contributed by atoms with Crippen LogP contribution < -0.4 is 0 Å². The van der Waals surface area contributed by atoms with Gasteiger partial charge in [-0.2, -0.15) is 0 Å². The Kier molecular flexibility index (Phi) is 4.66. The minimum atomic E-state index is -0.631. The van der Waals surface area contributed by atoms with Crippen LogP contribution in [0.2, 0.25) is 0 Å². The summed E-state index contributed by atoms with van der Waals surface area (Å²) < 4.78 is 0. The molecule has 1 heterocycles. The lowest BCUT2D eigenvalue weighted by Gasteiger charge is -2.44. The maximum atomic E-state index is 10.7. The Morgan fingerprint density at radius 1 is 1.17 bits per heavy atom. The van der Waals surface area contributed by atoms with Gasteiger partial charge in [0.2, 0.25) is 0 Å². The third-order valence-electron chi connectivity index (χ3n) is 5.25. The highest BCUT2D eigenvalue weighted by atomic mass is 16.4. The zero-order valence-electron chi connectivity index (χ0n) is 11.8. The number of carboxylic acids is 1. The summed E-state index contributed by atoms with van der Waals surface area (Å²) in [6.07, 6.45) is 6.60. The van der Waals surface area contributed by atoms with E-state index in [-0.39, 0.29) is 0 Å². The molecule has 18 heavy (non-hydrogen) atoms. The van der Waals surface area contributed by atoms with Crippen LogP contribution in [0.1, 0.15) is 52.4 Å². The molecule has 2 fully saturated rings. The van der Waals surface area contributed by atoms with Crippen molar-refractivity contribution in [3.8, 4) is 0 Å². The second-order valence-electron chi connectivity index (χ2n) is 6.41. The van der Waals surface area contributed by atoms with Crippen molar-refractivity contribution in [3.05, 3.63) is 0 Å². The zero-order chi connectivity index (χ0) is 13.1. The first kappa shape index (κ1) is 13.9. The van der Waals surface area contributed by atoms with Gasteiger partial charge in [0.05, 0.1) is 0 Å². The summed E-state index contributed by atoms with van der Waals surface area (Å²) >= 11 is 0. The molecule has 0 amide bonds. The predicted molar refractivity (Wildman–Crippen MR) is 72.5 cm³/mol. The van der Waals surface area contributed by atoms with Crippen LogP contribution in [0.5, 0.6) is 0 Å².